The van der Waals surface area contributed by atoms with Gasteiger partial charge in [-0.1, -0.05) is 83.2 Å². The summed E-state index contributed by atoms with van der Waals surface area (Å²) in [7, 11) is 0. The molecule has 0 unspecified atom stereocenters. The first-order valence-electron chi connectivity index (χ1n) is 10.3. The van der Waals surface area contributed by atoms with Crippen molar-refractivity contribution in [3.63, 3.8) is 0 Å². The first kappa shape index (κ1) is 23.5. The van der Waals surface area contributed by atoms with Crippen LogP contribution in [0.5, 0.6) is 0 Å². The number of hydrogen-bond donors (Lipinski definition) is 0. The van der Waals surface area contributed by atoms with E-state index in [9.17, 15) is 9.59 Å². The number of halogens is 2. The number of fused-ring (bicyclic) bond motifs is 2. The van der Waals surface area contributed by atoms with Gasteiger partial charge in [0, 0.05) is 32.8 Å². The van der Waals surface area contributed by atoms with Crippen LogP contribution in [0.15, 0.2) is 81.4 Å². The van der Waals surface area contributed by atoms with Gasteiger partial charge in [-0.2, -0.15) is 0 Å². The third kappa shape index (κ3) is 4.63. The highest BCUT2D eigenvalue weighted by molar-refractivity contribution is 8.26. The highest BCUT2D eigenvalue weighted by atomic mass is 35.5. The van der Waals surface area contributed by atoms with Crippen molar-refractivity contribution in [1.82, 2.24) is 4.90 Å². The lowest BCUT2D eigenvalue weighted by atomic mass is 10.2. The Morgan fingerprint density at radius 3 is 2.41 bits per heavy atom. The van der Waals surface area contributed by atoms with Crippen LogP contribution in [0.2, 0.25) is 10.0 Å². The molecule has 4 nitrogen and oxygen atoms in total. The molecule has 2 aliphatic rings. The van der Waals surface area contributed by atoms with E-state index in [2.05, 4.69) is 0 Å². The monoisotopic (exact) mass is 542 g/mol. The second-order valence-corrected chi connectivity index (χ2v) is 11.2. The number of carbonyl (C=O) groups is 2. The normalized spacial score (nSPS) is 16.1. The highest BCUT2D eigenvalue weighted by Crippen LogP contribution is 2.49. The maximum absolute atomic E-state index is 13.5. The molecule has 0 N–H and O–H groups in total. The van der Waals surface area contributed by atoms with Crippen LogP contribution in [0.4, 0.5) is 11.4 Å². The number of carbonyl (C=O) groups excluding carboxylic acids is 2. The van der Waals surface area contributed by atoms with Crippen molar-refractivity contribution in [2.24, 2.45) is 0 Å². The van der Waals surface area contributed by atoms with Gasteiger partial charge in [0.25, 0.3) is 5.91 Å². The Labute approximate surface area is 220 Å². The average Bonchev–Trinajstić information content (AvgIpc) is 3.09. The minimum Gasteiger partial charge on any atom is -0.292 e. The van der Waals surface area contributed by atoms with Crippen LogP contribution in [-0.4, -0.2) is 27.6 Å². The summed E-state index contributed by atoms with van der Waals surface area (Å²) >= 11 is 20.5. The van der Waals surface area contributed by atoms with Crippen molar-refractivity contribution in [3.8, 4) is 0 Å². The van der Waals surface area contributed by atoms with Crippen LogP contribution in [0.3, 0.4) is 0 Å². The topological polar surface area (TPSA) is 40.6 Å². The zero-order valence-corrected chi connectivity index (χ0v) is 21.5. The van der Waals surface area contributed by atoms with Crippen molar-refractivity contribution >= 4 is 92.5 Å². The molecular weight excluding hydrogens is 527 g/mol. The molecule has 2 aliphatic heterocycles. The zero-order chi connectivity index (χ0) is 23.8. The second-order valence-electron chi connectivity index (χ2n) is 7.55. The van der Waals surface area contributed by atoms with Gasteiger partial charge >= 0.3 is 0 Å². The fraction of sp³-hybridized carbons (Fsp3) is 0.0800. The minimum absolute atomic E-state index is 0.117. The summed E-state index contributed by atoms with van der Waals surface area (Å²) in [6, 6.07) is 20.5. The number of para-hydroxylation sites is 1. The first-order chi connectivity index (χ1) is 16.4. The van der Waals surface area contributed by atoms with Crippen LogP contribution >= 0.6 is 58.9 Å². The molecule has 170 valence electrons. The number of hydrogen-bond acceptors (Lipinski definition) is 5. The first-order valence-corrected chi connectivity index (χ1v) is 13.1. The standard InChI is InChI=1S/C25H16Cl2N2O2S3/c26-16-7-5-15(6-8-16)13-22-24(31)28(25(32)34-22)12-11-23(30)29-18-3-1-2-4-20(18)33-21-10-9-17(27)14-19(21)29/h1-10,13-14H,11-12H2/b22-13+. The van der Waals surface area contributed by atoms with E-state index in [4.69, 9.17) is 35.4 Å². The summed E-state index contributed by atoms with van der Waals surface area (Å²) in [6.45, 7) is 0.198. The van der Waals surface area contributed by atoms with Gasteiger partial charge in [-0.3, -0.25) is 19.4 Å². The van der Waals surface area contributed by atoms with Crippen molar-refractivity contribution in [1.29, 1.82) is 0 Å². The Balaban J connectivity index is 1.36. The predicted octanol–water partition coefficient (Wildman–Crippen LogP) is 7.41. The van der Waals surface area contributed by atoms with E-state index in [-0.39, 0.29) is 24.8 Å². The molecule has 0 aliphatic carbocycles. The van der Waals surface area contributed by atoms with E-state index in [0.29, 0.717) is 19.3 Å². The van der Waals surface area contributed by atoms with E-state index in [1.165, 1.54) is 16.7 Å². The van der Waals surface area contributed by atoms with Crippen molar-refractivity contribution in [2.45, 2.75) is 16.2 Å². The lowest BCUT2D eigenvalue weighted by Crippen LogP contribution is -2.35. The lowest BCUT2D eigenvalue weighted by Gasteiger charge is -2.31. The number of benzene rings is 3. The van der Waals surface area contributed by atoms with Gasteiger partial charge < -0.3 is 0 Å². The number of anilines is 2. The summed E-state index contributed by atoms with van der Waals surface area (Å²) in [5, 5.41) is 1.18. The fourth-order valence-electron chi connectivity index (χ4n) is 3.72. The van der Waals surface area contributed by atoms with Gasteiger partial charge in [0.1, 0.15) is 4.32 Å². The molecule has 0 saturated carbocycles. The molecule has 0 bridgehead atoms. The third-order valence-electron chi connectivity index (χ3n) is 5.33. The minimum atomic E-state index is -0.198. The van der Waals surface area contributed by atoms with Gasteiger partial charge in [0.05, 0.1) is 16.3 Å². The molecule has 9 heteroatoms. The Morgan fingerprint density at radius 2 is 1.62 bits per heavy atom. The smallest absolute Gasteiger partial charge is 0.266 e. The Morgan fingerprint density at radius 1 is 0.912 bits per heavy atom. The Bertz CT molecular complexity index is 1360. The maximum Gasteiger partial charge on any atom is 0.266 e. The van der Waals surface area contributed by atoms with Gasteiger partial charge in [-0.15, -0.1) is 0 Å². The molecule has 3 aromatic rings. The number of rotatable bonds is 4. The maximum atomic E-state index is 13.5. The molecular formula is C25H16Cl2N2O2S3. The summed E-state index contributed by atoms with van der Waals surface area (Å²) in [5.74, 6) is -0.331. The fourth-order valence-corrected chi connectivity index (χ4v) is 6.36. The van der Waals surface area contributed by atoms with Gasteiger partial charge in [-0.05, 0) is 54.1 Å². The Kier molecular flexibility index (Phi) is 6.73. The van der Waals surface area contributed by atoms with Gasteiger partial charge in [0.15, 0.2) is 0 Å². The zero-order valence-electron chi connectivity index (χ0n) is 17.5. The molecule has 5 rings (SSSR count). The summed E-state index contributed by atoms with van der Waals surface area (Å²) in [4.78, 5) is 32.1. The van der Waals surface area contributed by atoms with Crippen LogP contribution < -0.4 is 4.90 Å². The number of thiocarbonyl (C=S) groups is 1. The van der Waals surface area contributed by atoms with E-state index >= 15 is 0 Å². The predicted molar refractivity (Wildman–Crippen MR) is 145 cm³/mol. The average molecular weight is 544 g/mol. The van der Waals surface area contributed by atoms with Crippen molar-refractivity contribution < 1.29 is 9.59 Å². The second kappa shape index (κ2) is 9.76. The molecule has 1 fully saturated rings. The molecule has 2 amide bonds. The molecule has 3 aromatic carbocycles. The van der Waals surface area contributed by atoms with E-state index < -0.39 is 0 Å². The molecule has 34 heavy (non-hydrogen) atoms. The molecule has 0 spiro atoms. The SMILES string of the molecule is O=C1/C(=C\c2ccc(Cl)cc2)SC(=S)N1CCC(=O)N1c2ccccc2Sc2ccc(Cl)cc21. The third-order valence-corrected chi connectivity index (χ3v) is 8.32. The number of thioether (sulfide) groups is 1. The largest absolute Gasteiger partial charge is 0.292 e. The molecule has 2 heterocycles. The quantitative estimate of drug-likeness (QED) is 0.253. The van der Waals surface area contributed by atoms with Crippen molar-refractivity contribution in [2.75, 3.05) is 11.4 Å². The van der Waals surface area contributed by atoms with Crippen LogP contribution in [0, 0.1) is 0 Å². The number of amides is 2. The van der Waals surface area contributed by atoms with E-state index in [1.54, 1.807) is 40.9 Å². The van der Waals surface area contributed by atoms with Crippen LogP contribution in [0.25, 0.3) is 6.08 Å². The van der Waals surface area contributed by atoms with Crippen molar-refractivity contribution in [3.05, 3.63) is 87.2 Å². The molecule has 0 radical (unpaired) electrons. The summed E-state index contributed by atoms with van der Waals surface area (Å²) in [5.41, 5.74) is 2.41. The Hall–Kier alpha value is -2.29. The van der Waals surface area contributed by atoms with E-state index in [1.807, 2.05) is 48.5 Å². The van der Waals surface area contributed by atoms with Crippen LogP contribution in [0.1, 0.15) is 12.0 Å². The van der Waals surface area contributed by atoms with Crippen LogP contribution in [-0.2, 0) is 9.59 Å². The van der Waals surface area contributed by atoms with E-state index in [0.717, 1.165) is 26.7 Å². The molecule has 1 saturated heterocycles. The molecule has 0 atom stereocenters. The number of nitrogens with zero attached hydrogens (tertiary/aromatic N) is 2. The highest BCUT2D eigenvalue weighted by Gasteiger charge is 2.34. The van der Waals surface area contributed by atoms with Gasteiger partial charge in [-0.25, -0.2) is 0 Å². The lowest BCUT2D eigenvalue weighted by molar-refractivity contribution is -0.123. The molecule has 0 aromatic heterocycles. The summed E-state index contributed by atoms with van der Waals surface area (Å²) < 4.78 is 0.441. The van der Waals surface area contributed by atoms with Gasteiger partial charge in [0.2, 0.25) is 5.91 Å². The summed E-state index contributed by atoms with van der Waals surface area (Å²) in [6.07, 6.45) is 1.90.